The minimum absolute atomic E-state index is 0.115. The van der Waals surface area contributed by atoms with Crippen LogP contribution in [0.1, 0.15) is 5.56 Å². The van der Waals surface area contributed by atoms with Gasteiger partial charge in [-0.2, -0.15) is 0 Å². The second-order valence-corrected chi connectivity index (χ2v) is 6.81. The maximum absolute atomic E-state index is 11.2. The van der Waals surface area contributed by atoms with Gasteiger partial charge in [-0.05, 0) is 18.6 Å². The summed E-state index contributed by atoms with van der Waals surface area (Å²) in [6.07, 6.45) is 0. The molecule has 29 heavy (non-hydrogen) atoms. The molecule has 0 bridgehead atoms. The van der Waals surface area contributed by atoms with E-state index in [9.17, 15) is 25.0 Å². The molecule has 1 heterocycles. The Kier molecular flexibility index (Phi) is 5.54. The quantitative estimate of drug-likeness (QED) is 0.348. The van der Waals surface area contributed by atoms with Gasteiger partial charge in [0.1, 0.15) is 0 Å². The number of aryl methyl sites for hydroxylation is 1. The van der Waals surface area contributed by atoms with Crippen molar-refractivity contribution >= 4 is 29.1 Å². The fraction of sp³-hybridized carbons (Fsp3) is 0.118. The predicted molar refractivity (Wildman–Crippen MR) is 103 cm³/mol. The number of non-ortho nitro benzene ring substituents is 2. The number of nitro benzene ring substituents is 2. The molecule has 2 aromatic carbocycles. The minimum Gasteiger partial charge on any atom is -0.481 e. The van der Waals surface area contributed by atoms with E-state index in [1.807, 2.05) is 19.1 Å². The van der Waals surface area contributed by atoms with E-state index >= 15 is 0 Å². The molecule has 0 unspecified atom stereocenters. The molecule has 0 aliphatic rings. The summed E-state index contributed by atoms with van der Waals surface area (Å²) < 4.78 is 1.53. The maximum atomic E-state index is 11.2. The lowest BCUT2D eigenvalue weighted by atomic mass is 10.1. The SMILES string of the molecule is Cc1ccccc1-n1c(SCC(=O)O)nnc1-c1cc([N+](=O)[O-])cc([N+](=O)[O-])c1. The van der Waals surface area contributed by atoms with E-state index in [4.69, 9.17) is 5.11 Å². The molecule has 1 aromatic heterocycles. The highest BCUT2D eigenvalue weighted by atomic mass is 32.2. The first-order valence-corrected chi connectivity index (χ1v) is 9.06. The van der Waals surface area contributed by atoms with Gasteiger partial charge < -0.3 is 5.11 Å². The molecule has 0 aliphatic carbocycles. The van der Waals surface area contributed by atoms with Gasteiger partial charge in [0.05, 0.1) is 27.4 Å². The van der Waals surface area contributed by atoms with Gasteiger partial charge in [0.15, 0.2) is 11.0 Å². The van der Waals surface area contributed by atoms with Gasteiger partial charge in [0.25, 0.3) is 11.4 Å². The van der Waals surface area contributed by atoms with Crippen LogP contribution in [0.5, 0.6) is 0 Å². The summed E-state index contributed by atoms with van der Waals surface area (Å²) in [7, 11) is 0. The van der Waals surface area contributed by atoms with Crippen LogP contribution in [-0.2, 0) is 4.79 Å². The number of carboxylic acid groups (broad SMARTS) is 1. The average molecular weight is 415 g/mol. The minimum atomic E-state index is -1.05. The number of carboxylic acids is 1. The predicted octanol–water partition coefficient (Wildman–Crippen LogP) is 3.24. The Labute approximate surface area is 167 Å². The van der Waals surface area contributed by atoms with Crippen molar-refractivity contribution in [3.8, 4) is 17.1 Å². The number of benzene rings is 2. The lowest BCUT2D eigenvalue weighted by molar-refractivity contribution is -0.394. The van der Waals surface area contributed by atoms with Crippen LogP contribution in [0.15, 0.2) is 47.6 Å². The van der Waals surface area contributed by atoms with E-state index in [1.165, 1.54) is 4.57 Å². The summed E-state index contributed by atoms with van der Waals surface area (Å²) in [5.41, 5.74) is 0.616. The number of hydrogen-bond acceptors (Lipinski definition) is 8. The van der Waals surface area contributed by atoms with Crippen molar-refractivity contribution in [3.05, 3.63) is 68.3 Å². The van der Waals surface area contributed by atoms with E-state index in [0.29, 0.717) is 5.69 Å². The first kappa shape index (κ1) is 19.9. The number of thioether (sulfide) groups is 1. The third kappa shape index (κ3) is 4.21. The Hall–Kier alpha value is -3.80. The van der Waals surface area contributed by atoms with E-state index in [2.05, 4.69) is 10.2 Å². The number of rotatable bonds is 7. The number of para-hydroxylation sites is 1. The molecule has 11 nitrogen and oxygen atoms in total. The van der Waals surface area contributed by atoms with Gasteiger partial charge in [-0.1, -0.05) is 30.0 Å². The number of carbonyl (C=O) groups is 1. The zero-order chi connectivity index (χ0) is 21.1. The molecule has 0 radical (unpaired) electrons. The molecule has 3 rings (SSSR count). The van der Waals surface area contributed by atoms with Crippen LogP contribution in [0.4, 0.5) is 11.4 Å². The third-order valence-corrected chi connectivity index (χ3v) is 4.81. The first-order chi connectivity index (χ1) is 13.8. The van der Waals surface area contributed by atoms with Crippen LogP contribution in [0.2, 0.25) is 0 Å². The molecule has 0 saturated heterocycles. The number of nitrogens with zero attached hydrogens (tertiary/aromatic N) is 5. The van der Waals surface area contributed by atoms with Crippen LogP contribution in [0, 0.1) is 27.2 Å². The molecule has 12 heteroatoms. The number of nitro groups is 2. The van der Waals surface area contributed by atoms with E-state index in [1.54, 1.807) is 12.1 Å². The monoisotopic (exact) mass is 415 g/mol. The Morgan fingerprint density at radius 2 is 1.72 bits per heavy atom. The second-order valence-electron chi connectivity index (χ2n) is 5.86. The molecule has 0 atom stereocenters. The molecular formula is C17H13N5O6S. The summed E-state index contributed by atoms with van der Waals surface area (Å²) in [5, 5.41) is 39.7. The van der Waals surface area contributed by atoms with Crippen molar-refractivity contribution in [3.63, 3.8) is 0 Å². The highest BCUT2D eigenvalue weighted by Gasteiger charge is 2.23. The van der Waals surface area contributed by atoms with Crippen LogP contribution >= 0.6 is 11.8 Å². The molecule has 1 N–H and O–H groups in total. The lowest BCUT2D eigenvalue weighted by Gasteiger charge is -2.12. The van der Waals surface area contributed by atoms with Gasteiger partial charge >= 0.3 is 5.97 Å². The van der Waals surface area contributed by atoms with Crippen LogP contribution in [0.3, 0.4) is 0 Å². The van der Waals surface area contributed by atoms with Gasteiger partial charge in [-0.3, -0.25) is 29.6 Å². The summed E-state index contributed by atoms with van der Waals surface area (Å²) >= 11 is 0.917. The Balaban J connectivity index is 2.25. The largest absolute Gasteiger partial charge is 0.481 e. The van der Waals surface area contributed by atoms with Gasteiger partial charge in [0, 0.05) is 17.7 Å². The second kappa shape index (κ2) is 8.06. The normalized spacial score (nSPS) is 10.7. The van der Waals surface area contributed by atoms with Gasteiger partial charge in [-0.25, -0.2) is 0 Å². The molecular weight excluding hydrogens is 402 g/mol. The lowest BCUT2D eigenvalue weighted by Crippen LogP contribution is -2.05. The van der Waals surface area contributed by atoms with Crippen molar-refractivity contribution in [2.75, 3.05) is 5.75 Å². The molecule has 0 saturated carbocycles. The Morgan fingerprint density at radius 1 is 1.10 bits per heavy atom. The first-order valence-electron chi connectivity index (χ1n) is 8.08. The molecule has 0 fully saturated rings. The zero-order valence-electron chi connectivity index (χ0n) is 14.9. The highest BCUT2D eigenvalue weighted by molar-refractivity contribution is 7.99. The van der Waals surface area contributed by atoms with Crippen molar-refractivity contribution in [1.29, 1.82) is 0 Å². The molecule has 3 aromatic rings. The van der Waals surface area contributed by atoms with Crippen LogP contribution in [0.25, 0.3) is 17.1 Å². The molecule has 0 amide bonds. The van der Waals surface area contributed by atoms with Gasteiger partial charge in [0.2, 0.25) is 0 Å². The van der Waals surface area contributed by atoms with Crippen molar-refractivity contribution in [1.82, 2.24) is 14.8 Å². The number of hydrogen-bond donors (Lipinski definition) is 1. The molecule has 148 valence electrons. The summed E-state index contributed by atoms with van der Waals surface area (Å²) in [5.74, 6) is -1.21. The molecule has 0 spiro atoms. The van der Waals surface area contributed by atoms with E-state index < -0.39 is 27.2 Å². The van der Waals surface area contributed by atoms with Crippen LogP contribution < -0.4 is 0 Å². The summed E-state index contributed by atoms with van der Waals surface area (Å²) in [6.45, 7) is 1.82. The Bertz CT molecular complexity index is 1100. The highest BCUT2D eigenvalue weighted by Crippen LogP contribution is 2.33. The third-order valence-electron chi connectivity index (χ3n) is 3.90. The smallest absolute Gasteiger partial charge is 0.313 e. The maximum Gasteiger partial charge on any atom is 0.313 e. The number of aliphatic carboxylic acids is 1. The van der Waals surface area contributed by atoms with E-state index in [0.717, 1.165) is 35.5 Å². The van der Waals surface area contributed by atoms with Crippen LogP contribution in [-0.4, -0.2) is 41.4 Å². The Morgan fingerprint density at radius 3 is 2.28 bits per heavy atom. The fourth-order valence-corrected chi connectivity index (χ4v) is 3.31. The number of aromatic nitrogens is 3. The van der Waals surface area contributed by atoms with Crippen molar-refractivity contribution < 1.29 is 19.7 Å². The van der Waals surface area contributed by atoms with Crippen molar-refractivity contribution in [2.24, 2.45) is 0 Å². The van der Waals surface area contributed by atoms with Gasteiger partial charge in [-0.15, -0.1) is 10.2 Å². The fourth-order valence-electron chi connectivity index (χ4n) is 2.64. The standard InChI is InChI=1S/C17H13N5O6S/c1-10-4-2-3-5-14(10)20-16(18-19-17(20)29-9-15(23)24)11-6-12(21(25)26)8-13(7-11)22(27)28/h2-8H,9H2,1H3,(H,23,24). The van der Waals surface area contributed by atoms with E-state index in [-0.39, 0.29) is 22.3 Å². The van der Waals surface area contributed by atoms with Crippen molar-refractivity contribution in [2.45, 2.75) is 12.1 Å². The topological polar surface area (TPSA) is 154 Å². The zero-order valence-corrected chi connectivity index (χ0v) is 15.7. The summed E-state index contributed by atoms with van der Waals surface area (Å²) in [4.78, 5) is 32.0. The average Bonchev–Trinajstić information content (AvgIpc) is 3.10. The summed E-state index contributed by atoms with van der Waals surface area (Å²) in [6, 6.07) is 10.3. The molecule has 0 aliphatic heterocycles.